The fourth-order valence-corrected chi connectivity index (χ4v) is 2.41. The zero-order valence-corrected chi connectivity index (χ0v) is 12.9. The number of aromatic nitrogens is 1. The Hall–Kier alpha value is -1.85. The highest BCUT2D eigenvalue weighted by molar-refractivity contribution is 5.80. The lowest BCUT2D eigenvalue weighted by Crippen LogP contribution is -2.35. The topological polar surface area (TPSA) is 48.7 Å². The third-order valence-electron chi connectivity index (χ3n) is 3.58. The fraction of sp³-hybridized carbons (Fsp3) is 0.438. The maximum absolute atomic E-state index is 11.0. The van der Waals surface area contributed by atoms with E-state index in [1.807, 2.05) is 32.2 Å². The number of fused-ring (bicyclic) bond motifs is 1. The number of rotatable bonds is 7. The summed E-state index contributed by atoms with van der Waals surface area (Å²) in [7, 11) is 6.01. The Kier molecular flexibility index (Phi) is 4.98. The first-order chi connectivity index (χ1) is 9.95. The van der Waals surface area contributed by atoms with Crippen molar-refractivity contribution in [1.29, 1.82) is 0 Å². The van der Waals surface area contributed by atoms with E-state index >= 15 is 0 Å². The van der Waals surface area contributed by atoms with Crippen molar-refractivity contribution < 1.29 is 9.90 Å². The van der Waals surface area contributed by atoms with E-state index in [0.29, 0.717) is 6.54 Å². The molecular weight excluding hydrogens is 266 g/mol. The molecule has 1 heterocycles. The standard InChI is InChI=1S/C16H23N3O2/c1-17(2)8-9-19(12-16(20)21)11-13-4-5-14-6-7-18(3)15(14)10-13/h4-7,10H,8-9,11-12H2,1-3H3,(H,20,21). The molecule has 0 saturated carbocycles. The lowest BCUT2D eigenvalue weighted by molar-refractivity contribution is -0.138. The van der Waals surface area contributed by atoms with Crippen LogP contribution in [0.5, 0.6) is 0 Å². The monoisotopic (exact) mass is 289 g/mol. The largest absolute Gasteiger partial charge is 0.480 e. The molecule has 1 aromatic heterocycles. The van der Waals surface area contributed by atoms with Crippen molar-refractivity contribution in [3.63, 3.8) is 0 Å². The van der Waals surface area contributed by atoms with E-state index < -0.39 is 5.97 Å². The van der Waals surface area contributed by atoms with Gasteiger partial charge in [-0.05, 0) is 37.2 Å². The van der Waals surface area contributed by atoms with Crippen LogP contribution < -0.4 is 0 Å². The highest BCUT2D eigenvalue weighted by atomic mass is 16.4. The summed E-state index contributed by atoms with van der Waals surface area (Å²) >= 11 is 0. The van der Waals surface area contributed by atoms with Crippen molar-refractivity contribution in [2.45, 2.75) is 6.54 Å². The van der Waals surface area contributed by atoms with Gasteiger partial charge in [0, 0.05) is 38.4 Å². The van der Waals surface area contributed by atoms with Crippen LogP contribution in [0.3, 0.4) is 0 Å². The number of carboxylic acids is 1. The predicted octanol–water partition coefficient (Wildman–Crippen LogP) is 1.63. The summed E-state index contributed by atoms with van der Waals surface area (Å²) in [5, 5.41) is 10.3. The number of carboxylic acid groups (broad SMARTS) is 1. The average molecular weight is 289 g/mol. The van der Waals surface area contributed by atoms with Gasteiger partial charge in [-0.2, -0.15) is 0 Å². The van der Waals surface area contributed by atoms with Crippen LogP contribution in [-0.4, -0.2) is 59.2 Å². The van der Waals surface area contributed by atoms with Crippen molar-refractivity contribution in [2.75, 3.05) is 33.7 Å². The fourth-order valence-electron chi connectivity index (χ4n) is 2.41. The maximum atomic E-state index is 11.0. The number of carbonyl (C=O) groups is 1. The van der Waals surface area contributed by atoms with Crippen LogP contribution in [0, 0.1) is 0 Å². The minimum absolute atomic E-state index is 0.0685. The first kappa shape index (κ1) is 15.5. The van der Waals surface area contributed by atoms with Gasteiger partial charge in [0.25, 0.3) is 0 Å². The van der Waals surface area contributed by atoms with Gasteiger partial charge in [-0.25, -0.2) is 0 Å². The summed E-state index contributed by atoms with van der Waals surface area (Å²) in [4.78, 5) is 15.0. The van der Waals surface area contributed by atoms with Gasteiger partial charge in [0.15, 0.2) is 0 Å². The van der Waals surface area contributed by atoms with Crippen LogP contribution in [0.1, 0.15) is 5.56 Å². The minimum atomic E-state index is -0.784. The number of benzene rings is 1. The average Bonchev–Trinajstić information content (AvgIpc) is 2.77. The van der Waals surface area contributed by atoms with Gasteiger partial charge in [0.2, 0.25) is 0 Å². The van der Waals surface area contributed by atoms with Crippen LogP contribution in [0.15, 0.2) is 30.5 Å². The molecule has 1 N–H and O–H groups in total. The molecule has 2 aromatic rings. The summed E-state index contributed by atoms with van der Waals surface area (Å²) < 4.78 is 2.08. The molecule has 0 atom stereocenters. The van der Waals surface area contributed by atoms with E-state index in [9.17, 15) is 4.79 Å². The molecule has 2 rings (SSSR count). The van der Waals surface area contributed by atoms with Gasteiger partial charge in [0.05, 0.1) is 6.54 Å². The molecule has 0 spiro atoms. The van der Waals surface area contributed by atoms with Crippen molar-refractivity contribution in [2.24, 2.45) is 7.05 Å². The molecule has 0 radical (unpaired) electrons. The molecule has 0 aliphatic carbocycles. The number of nitrogens with zero attached hydrogens (tertiary/aromatic N) is 3. The molecule has 0 saturated heterocycles. The van der Waals surface area contributed by atoms with E-state index in [1.54, 1.807) is 0 Å². The number of hydrogen-bond acceptors (Lipinski definition) is 3. The first-order valence-electron chi connectivity index (χ1n) is 7.08. The summed E-state index contributed by atoms with van der Waals surface area (Å²) in [6.45, 7) is 2.31. The highest BCUT2D eigenvalue weighted by Crippen LogP contribution is 2.17. The van der Waals surface area contributed by atoms with Crippen LogP contribution >= 0.6 is 0 Å². The van der Waals surface area contributed by atoms with Crippen molar-refractivity contribution in [1.82, 2.24) is 14.4 Å². The van der Waals surface area contributed by atoms with Crippen molar-refractivity contribution in [3.8, 4) is 0 Å². The summed E-state index contributed by atoms with van der Waals surface area (Å²) in [5.74, 6) is -0.784. The highest BCUT2D eigenvalue weighted by Gasteiger charge is 2.11. The minimum Gasteiger partial charge on any atom is -0.480 e. The second-order valence-electron chi connectivity index (χ2n) is 5.73. The van der Waals surface area contributed by atoms with Crippen LogP contribution in [0.4, 0.5) is 0 Å². The Morgan fingerprint density at radius 3 is 2.67 bits per heavy atom. The smallest absolute Gasteiger partial charge is 0.317 e. The second kappa shape index (κ2) is 6.74. The van der Waals surface area contributed by atoms with Crippen LogP contribution in [-0.2, 0) is 18.4 Å². The van der Waals surface area contributed by atoms with E-state index in [0.717, 1.165) is 18.7 Å². The van der Waals surface area contributed by atoms with Gasteiger partial charge >= 0.3 is 5.97 Å². The third kappa shape index (κ3) is 4.31. The Balaban J connectivity index is 2.12. The quantitative estimate of drug-likeness (QED) is 0.841. The zero-order chi connectivity index (χ0) is 15.4. The van der Waals surface area contributed by atoms with Gasteiger partial charge in [-0.15, -0.1) is 0 Å². The lowest BCUT2D eigenvalue weighted by Gasteiger charge is -2.22. The normalized spacial score (nSPS) is 11.7. The Morgan fingerprint density at radius 1 is 1.24 bits per heavy atom. The van der Waals surface area contributed by atoms with Gasteiger partial charge in [-0.3, -0.25) is 9.69 Å². The molecule has 0 aliphatic heterocycles. The summed E-state index contributed by atoms with van der Waals surface area (Å²) in [6, 6.07) is 8.39. The van der Waals surface area contributed by atoms with Crippen molar-refractivity contribution in [3.05, 3.63) is 36.0 Å². The zero-order valence-electron chi connectivity index (χ0n) is 12.9. The van der Waals surface area contributed by atoms with E-state index in [2.05, 4.69) is 33.7 Å². The van der Waals surface area contributed by atoms with Gasteiger partial charge < -0.3 is 14.6 Å². The van der Waals surface area contributed by atoms with Gasteiger partial charge in [0.1, 0.15) is 0 Å². The molecule has 0 aliphatic rings. The first-order valence-corrected chi connectivity index (χ1v) is 7.08. The molecular formula is C16H23N3O2. The van der Waals surface area contributed by atoms with Crippen LogP contribution in [0.2, 0.25) is 0 Å². The maximum Gasteiger partial charge on any atom is 0.317 e. The van der Waals surface area contributed by atoms with Gasteiger partial charge in [-0.1, -0.05) is 12.1 Å². The molecule has 0 bridgehead atoms. The Morgan fingerprint density at radius 2 is 2.00 bits per heavy atom. The number of aryl methyl sites for hydroxylation is 1. The number of aliphatic carboxylic acids is 1. The molecule has 114 valence electrons. The molecule has 5 nitrogen and oxygen atoms in total. The number of likely N-dealkylation sites (N-methyl/N-ethyl adjacent to an activating group) is 1. The molecule has 5 heteroatoms. The van der Waals surface area contributed by atoms with E-state index in [-0.39, 0.29) is 6.54 Å². The molecule has 0 fully saturated rings. The SMILES string of the molecule is CN(C)CCN(CC(=O)O)Cc1ccc2ccn(C)c2c1. The molecule has 0 amide bonds. The molecule has 21 heavy (non-hydrogen) atoms. The summed E-state index contributed by atoms with van der Waals surface area (Å²) in [5.41, 5.74) is 2.32. The van der Waals surface area contributed by atoms with Crippen molar-refractivity contribution >= 4 is 16.9 Å². The summed E-state index contributed by atoms with van der Waals surface area (Å²) in [6.07, 6.45) is 2.04. The molecule has 1 aromatic carbocycles. The van der Waals surface area contributed by atoms with E-state index in [1.165, 1.54) is 10.9 Å². The lowest BCUT2D eigenvalue weighted by atomic mass is 10.1. The Bertz CT molecular complexity index is 619. The second-order valence-corrected chi connectivity index (χ2v) is 5.73. The van der Waals surface area contributed by atoms with E-state index in [4.69, 9.17) is 5.11 Å². The molecule has 0 unspecified atom stereocenters. The number of hydrogen-bond donors (Lipinski definition) is 1. The Labute approximate surface area is 125 Å². The predicted molar refractivity (Wildman–Crippen MR) is 84.4 cm³/mol. The third-order valence-corrected chi connectivity index (χ3v) is 3.58. The van der Waals surface area contributed by atoms with Crippen LogP contribution in [0.25, 0.3) is 10.9 Å².